The van der Waals surface area contributed by atoms with Crippen molar-refractivity contribution < 1.29 is 4.79 Å². The van der Waals surface area contributed by atoms with Gasteiger partial charge in [0, 0.05) is 5.57 Å². The quantitative estimate of drug-likeness (QED) is 0.384. The Kier molecular flexibility index (Phi) is 2.83. The molecule has 0 atom stereocenters. The second-order valence-electron chi connectivity index (χ2n) is 3.68. The van der Waals surface area contributed by atoms with Crippen molar-refractivity contribution in [1.82, 2.24) is 5.43 Å². The van der Waals surface area contributed by atoms with Crippen LogP contribution in [-0.2, 0) is 4.79 Å². The molecule has 0 radical (unpaired) electrons. The fraction of sp³-hybridized carbons (Fsp3) is 0.250. The molecule has 0 bridgehead atoms. The van der Waals surface area contributed by atoms with Gasteiger partial charge in [0.2, 0.25) is 0 Å². The molecule has 0 aliphatic heterocycles. The third kappa shape index (κ3) is 2.07. The lowest BCUT2D eigenvalue weighted by molar-refractivity contribution is -0.117. The molecule has 0 fully saturated rings. The highest BCUT2D eigenvalue weighted by molar-refractivity contribution is 5.93. The topological polar surface area (TPSA) is 55.1 Å². The minimum atomic E-state index is -0.168. The normalized spacial score (nSPS) is 19.4. The Morgan fingerprint density at radius 1 is 1.27 bits per heavy atom. The molecule has 0 saturated heterocycles. The molecule has 0 spiro atoms. The second-order valence-corrected chi connectivity index (χ2v) is 3.68. The number of allylic oxidation sites excluding steroid dienone is 7. The van der Waals surface area contributed by atoms with Gasteiger partial charge in [-0.05, 0) is 36.5 Å². The van der Waals surface area contributed by atoms with E-state index in [9.17, 15) is 4.79 Å². The highest BCUT2D eigenvalue weighted by Gasteiger charge is 2.16. The van der Waals surface area contributed by atoms with Gasteiger partial charge < -0.3 is 0 Å². The van der Waals surface area contributed by atoms with Crippen molar-refractivity contribution in [2.24, 2.45) is 5.84 Å². The lowest BCUT2D eigenvalue weighted by Crippen LogP contribution is -2.31. The molecule has 0 aromatic rings. The van der Waals surface area contributed by atoms with E-state index >= 15 is 0 Å². The van der Waals surface area contributed by atoms with Crippen LogP contribution < -0.4 is 11.3 Å². The van der Waals surface area contributed by atoms with Crippen molar-refractivity contribution in [2.75, 3.05) is 0 Å². The number of hydrazine groups is 1. The Bertz CT molecular complexity index is 400. The molecule has 2 aliphatic carbocycles. The van der Waals surface area contributed by atoms with Crippen molar-refractivity contribution in [3.05, 3.63) is 47.1 Å². The summed E-state index contributed by atoms with van der Waals surface area (Å²) in [6.07, 6.45) is 12.8. The van der Waals surface area contributed by atoms with Crippen LogP contribution in [-0.4, -0.2) is 5.91 Å². The third-order valence-electron chi connectivity index (χ3n) is 2.73. The minimum Gasteiger partial charge on any atom is -0.290 e. The van der Waals surface area contributed by atoms with Crippen LogP contribution in [0.1, 0.15) is 19.3 Å². The number of carbonyl (C=O) groups excluding carboxylic acids is 1. The van der Waals surface area contributed by atoms with Crippen LogP contribution in [0.4, 0.5) is 0 Å². The molecule has 0 saturated carbocycles. The highest BCUT2D eigenvalue weighted by Crippen LogP contribution is 2.28. The van der Waals surface area contributed by atoms with Gasteiger partial charge in [0.25, 0.3) is 5.91 Å². The maximum Gasteiger partial charge on any atom is 0.261 e. The Morgan fingerprint density at radius 3 is 2.93 bits per heavy atom. The number of nitrogens with one attached hydrogen (secondary N) is 1. The standard InChI is InChI=1S/C12H14N2O/c13-14-12(15)11-7-6-9-4-2-1-3-5-10(9)8-11/h1-4,8H,5-7,13H2,(H,14,15). The summed E-state index contributed by atoms with van der Waals surface area (Å²) < 4.78 is 0. The average Bonchev–Trinajstić information content (AvgIpc) is 2.51. The van der Waals surface area contributed by atoms with Gasteiger partial charge in [-0.1, -0.05) is 24.3 Å². The zero-order chi connectivity index (χ0) is 10.7. The Balaban J connectivity index is 2.28. The van der Waals surface area contributed by atoms with E-state index in [0.29, 0.717) is 0 Å². The molecule has 2 aliphatic rings. The third-order valence-corrected chi connectivity index (χ3v) is 2.73. The van der Waals surface area contributed by atoms with Crippen molar-refractivity contribution in [3.8, 4) is 0 Å². The number of carbonyl (C=O) groups is 1. The maximum absolute atomic E-state index is 11.4. The molecule has 1 amide bonds. The second kappa shape index (κ2) is 4.28. The fourth-order valence-corrected chi connectivity index (χ4v) is 1.90. The molecule has 3 nitrogen and oxygen atoms in total. The highest BCUT2D eigenvalue weighted by atomic mass is 16.2. The van der Waals surface area contributed by atoms with Gasteiger partial charge in [0.1, 0.15) is 0 Å². The first-order valence-electron chi connectivity index (χ1n) is 5.08. The summed E-state index contributed by atoms with van der Waals surface area (Å²) in [6, 6.07) is 0. The zero-order valence-electron chi connectivity index (χ0n) is 8.49. The lowest BCUT2D eigenvalue weighted by atomic mass is 9.90. The average molecular weight is 202 g/mol. The van der Waals surface area contributed by atoms with Crippen LogP contribution >= 0.6 is 0 Å². The first-order valence-corrected chi connectivity index (χ1v) is 5.08. The smallest absolute Gasteiger partial charge is 0.261 e. The molecular weight excluding hydrogens is 188 g/mol. The fourth-order valence-electron chi connectivity index (χ4n) is 1.90. The summed E-state index contributed by atoms with van der Waals surface area (Å²) in [4.78, 5) is 11.4. The van der Waals surface area contributed by atoms with Gasteiger partial charge in [0.15, 0.2) is 0 Å². The van der Waals surface area contributed by atoms with E-state index in [2.05, 4.69) is 17.6 Å². The number of hydrogen-bond acceptors (Lipinski definition) is 2. The van der Waals surface area contributed by atoms with Crippen LogP contribution in [0, 0.1) is 0 Å². The Morgan fingerprint density at radius 2 is 2.13 bits per heavy atom. The molecule has 78 valence electrons. The number of hydrogen-bond donors (Lipinski definition) is 2. The van der Waals surface area contributed by atoms with Gasteiger partial charge in [-0.15, -0.1) is 0 Å². The molecule has 0 aromatic carbocycles. The first-order chi connectivity index (χ1) is 7.31. The van der Waals surface area contributed by atoms with Crippen molar-refractivity contribution >= 4 is 5.91 Å². The van der Waals surface area contributed by atoms with Crippen LogP contribution in [0.25, 0.3) is 0 Å². The molecule has 0 aromatic heterocycles. The maximum atomic E-state index is 11.4. The first kappa shape index (κ1) is 9.93. The summed E-state index contributed by atoms with van der Waals surface area (Å²) in [6.45, 7) is 0. The van der Waals surface area contributed by atoms with E-state index in [-0.39, 0.29) is 5.91 Å². The minimum absolute atomic E-state index is 0.168. The molecule has 0 unspecified atom stereocenters. The van der Waals surface area contributed by atoms with E-state index < -0.39 is 0 Å². The summed E-state index contributed by atoms with van der Waals surface area (Å²) in [5, 5.41) is 0. The van der Waals surface area contributed by atoms with Gasteiger partial charge in [-0.25, -0.2) is 5.84 Å². The number of amides is 1. The van der Waals surface area contributed by atoms with Crippen molar-refractivity contribution in [3.63, 3.8) is 0 Å². The predicted octanol–water partition coefficient (Wildman–Crippen LogP) is 1.51. The SMILES string of the molecule is NNC(=O)C1=CC2=C(C=CC=CC2)CC1. The van der Waals surface area contributed by atoms with Crippen LogP contribution in [0.2, 0.25) is 0 Å². The van der Waals surface area contributed by atoms with Crippen molar-refractivity contribution in [2.45, 2.75) is 19.3 Å². The van der Waals surface area contributed by atoms with Crippen LogP contribution in [0.5, 0.6) is 0 Å². The molecule has 2 rings (SSSR count). The molecule has 3 heteroatoms. The van der Waals surface area contributed by atoms with Crippen LogP contribution in [0.3, 0.4) is 0 Å². The van der Waals surface area contributed by atoms with Crippen LogP contribution in [0.15, 0.2) is 47.1 Å². The summed E-state index contributed by atoms with van der Waals surface area (Å²) in [5.74, 6) is 4.95. The zero-order valence-corrected chi connectivity index (χ0v) is 8.49. The van der Waals surface area contributed by atoms with E-state index in [1.165, 1.54) is 11.1 Å². The van der Waals surface area contributed by atoms with Gasteiger partial charge in [0.05, 0.1) is 0 Å². The number of rotatable bonds is 1. The Labute approximate surface area is 89.0 Å². The molecular formula is C12H14N2O. The summed E-state index contributed by atoms with van der Waals surface area (Å²) in [5.41, 5.74) is 5.51. The van der Waals surface area contributed by atoms with Crippen molar-refractivity contribution in [1.29, 1.82) is 0 Å². The van der Waals surface area contributed by atoms with Gasteiger partial charge in [-0.3, -0.25) is 10.2 Å². The van der Waals surface area contributed by atoms with E-state index in [0.717, 1.165) is 24.8 Å². The summed E-state index contributed by atoms with van der Waals surface area (Å²) >= 11 is 0. The van der Waals surface area contributed by atoms with Gasteiger partial charge in [-0.2, -0.15) is 0 Å². The Hall–Kier alpha value is -1.61. The molecule has 0 heterocycles. The molecule has 3 N–H and O–H groups in total. The summed E-state index contributed by atoms with van der Waals surface area (Å²) in [7, 11) is 0. The van der Waals surface area contributed by atoms with E-state index in [1.807, 2.05) is 18.2 Å². The molecule has 15 heavy (non-hydrogen) atoms. The van der Waals surface area contributed by atoms with E-state index in [1.54, 1.807) is 0 Å². The van der Waals surface area contributed by atoms with E-state index in [4.69, 9.17) is 5.84 Å². The number of nitrogens with two attached hydrogens (primary N) is 1. The monoisotopic (exact) mass is 202 g/mol. The largest absolute Gasteiger partial charge is 0.290 e. The lowest BCUT2D eigenvalue weighted by Gasteiger charge is -2.16. The van der Waals surface area contributed by atoms with Gasteiger partial charge >= 0.3 is 0 Å². The predicted molar refractivity (Wildman–Crippen MR) is 59.6 cm³/mol.